The number of H-pyrrole nitrogens is 1. The second kappa shape index (κ2) is 5.81. The quantitative estimate of drug-likeness (QED) is 0.793. The maximum atomic E-state index is 12.1. The zero-order valence-electron chi connectivity index (χ0n) is 12.0. The summed E-state index contributed by atoms with van der Waals surface area (Å²) in [5, 5.41) is 4.75. The highest BCUT2D eigenvalue weighted by Gasteiger charge is 2.21. The van der Waals surface area contributed by atoms with Crippen LogP contribution in [0.4, 0.5) is 0 Å². The van der Waals surface area contributed by atoms with Gasteiger partial charge in [-0.25, -0.2) is 9.67 Å². The zero-order valence-corrected chi connectivity index (χ0v) is 12.8. The van der Waals surface area contributed by atoms with E-state index in [-0.39, 0.29) is 30.2 Å². The lowest BCUT2D eigenvalue weighted by Crippen LogP contribution is -2.15. The number of hydrogen-bond donors (Lipinski definition) is 2. The Labute approximate surface area is 127 Å². The monoisotopic (exact) mass is 326 g/mol. The normalized spacial score (nSPS) is 16.6. The van der Waals surface area contributed by atoms with Gasteiger partial charge in [0.15, 0.2) is 5.65 Å². The summed E-state index contributed by atoms with van der Waals surface area (Å²) in [5.41, 5.74) is 0.286. The molecule has 0 aliphatic heterocycles. The van der Waals surface area contributed by atoms with Crippen LogP contribution in [0.5, 0.6) is 0 Å². The minimum atomic E-state index is -3.99. The minimum Gasteiger partial charge on any atom is -0.310 e. The molecule has 1 aliphatic rings. The fourth-order valence-electron chi connectivity index (χ4n) is 2.94. The molecule has 8 nitrogen and oxygen atoms in total. The van der Waals surface area contributed by atoms with Crippen LogP contribution in [-0.4, -0.2) is 38.5 Å². The second-order valence-electron chi connectivity index (χ2n) is 5.67. The number of aryl methyl sites for hydroxylation is 1. The van der Waals surface area contributed by atoms with Gasteiger partial charge in [0, 0.05) is 6.42 Å². The molecule has 0 bridgehead atoms. The van der Waals surface area contributed by atoms with Crippen LogP contribution in [0.3, 0.4) is 0 Å². The minimum absolute atomic E-state index is 0.199. The van der Waals surface area contributed by atoms with Crippen molar-refractivity contribution in [3.05, 3.63) is 22.4 Å². The van der Waals surface area contributed by atoms with E-state index in [2.05, 4.69) is 15.1 Å². The third kappa shape index (κ3) is 3.20. The molecule has 0 spiro atoms. The van der Waals surface area contributed by atoms with Crippen LogP contribution in [0.1, 0.15) is 44.0 Å². The van der Waals surface area contributed by atoms with Crippen LogP contribution >= 0.6 is 0 Å². The molecule has 0 atom stereocenters. The first-order chi connectivity index (χ1) is 10.4. The predicted molar refractivity (Wildman–Crippen MR) is 80.4 cm³/mol. The van der Waals surface area contributed by atoms with Crippen molar-refractivity contribution in [1.82, 2.24) is 19.7 Å². The van der Waals surface area contributed by atoms with Gasteiger partial charge in [0.05, 0.1) is 18.0 Å². The Morgan fingerprint density at radius 3 is 2.77 bits per heavy atom. The van der Waals surface area contributed by atoms with Crippen molar-refractivity contribution >= 4 is 21.2 Å². The fourth-order valence-corrected chi connectivity index (χ4v) is 3.45. The molecule has 0 amide bonds. The first-order valence-electron chi connectivity index (χ1n) is 7.35. The number of aromatic nitrogens is 4. The Bertz CT molecular complexity index is 833. The van der Waals surface area contributed by atoms with Crippen LogP contribution in [0.2, 0.25) is 0 Å². The molecule has 120 valence electrons. The van der Waals surface area contributed by atoms with Crippen LogP contribution in [-0.2, 0) is 16.5 Å². The van der Waals surface area contributed by atoms with E-state index in [0.29, 0.717) is 16.9 Å². The summed E-state index contributed by atoms with van der Waals surface area (Å²) >= 11 is 0. The number of nitrogens with one attached hydrogen (secondary N) is 1. The van der Waals surface area contributed by atoms with Crippen LogP contribution in [0.25, 0.3) is 11.0 Å². The molecule has 0 unspecified atom stereocenters. The van der Waals surface area contributed by atoms with Crippen molar-refractivity contribution in [1.29, 1.82) is 0 Å². The van der Waals surface area contributed by atoms with Gasteiger partial charge in [0.2, 0.25) is 0 Å². The van der Waals surface area contributed by atoms with E-state index in [4.69, 9.17) is 4.55 Å². The van der Waals surface area contributed by atoms with E-state index in [9.17, 15) is 13.2 Å². The molecule has 1 aliphatic carbocycles. The van der Waals surface area contributed by atoms with E-state index < -0.39 is 10.1 Å². The third-order valence-electron chi connectivity index (χ3n) is 4.00. The Balaban J connectivity index is 1.89. The molecule has 0 aromatic carbocycles. The van der Waals surface area contributed by atoms with Gasteiger partial charge >= 0.3 is 0 Å². The standard InChI is InChI=1S/C13H18N4O4S/c18-13-10-8-14-17(9-4-1-2-5-9)12(10)15-11(16-13)6-3-7-22(19,20)21/h8-9H,1-7H2,(H,15,16,18)(H,19,20,21). The molecule has 1 saturated carbocycles. The molecule has 3 rings (SSSR count). The van der Waals surface area contributed by atoms with Gasteiger partial charge in [-0.05, 0) is 19.3 Å². The molecule has 2 N–H and O–H groups in total. The molecule has 2 heterocycles. The summed E-state index contributed by atoms with van der Waals surface area (Å²) in [7, 11) is -3.99. The highest BCUT2D eigenvalue weighted by Crippen LogP contribution is 2.30. The summed E-state index contributed by atoms with van der Waals surface area (Å²) < 4.78 is 32.0. The van der Waals surface area contributed by atoms with E-state index in [1.807, 2.05) is 4.68 Å². The van der Waals surface area contributed by atoms with Gasteiger partial charge in [0.25, 0.3) is 15.7 Å². The first-order valence-corrected chi connectivity index (χ1v) is 8.96. The number of hydrogen-bond acceptors (Lipinski definition) is 5. The summed E-state index contributed by atoms with van der Waals surface area (Å²) in [6, 6.07) is 0.275. The molecule has 22 heavy (non-hydrogen) atoms. The van der Waals surface area contributed by atoms with Crippen molar-refractivity contribution in [2.45, 2.75) is 44.6 Å². The molecule has 9 heteroatoms. The number of rotatable bonds is 5. The lowest BCUT2D eigenvalue weighted by molar-refractivity contribution is 0.477. The summed E-state index contributed by atoms with van der Waals surface area (Å²) in [6.45, 7) is 0. The molecule has 0 radical (unpaired) electrons. The molecule has 0 saturated heterocycles. The number of fused-ring (bicyclic) bond motifs is 1. The maximum Gasteiger partial charge on any atom is 0.264 e. The van der Waals surface area contributed by atoms with Crippen molar-refractivity contribution in [3.8, 4) is 0 Å². The van der Waals surface area contributed by atoms with Crippen molar-refractivity contribution < 1.29 is 13.0 Å². The van der Waals surface area contributed by atoms with Crippen LogP contribution in [0, 0.1) is 0 Å². The Morgan fingerprint density at radius 1 is 1.36 bits per heavy atom. The van der Waals surface area contributed by atoms with Gasteiger partial charge in [-0.1, -0.05) is 12.8 Å². The smallest absolute Gasteiger partial charge is 0.264 e. The Hall–Kier alpha value is -1.74. The summed E-state index contributed by atoms with van der Waals surface area (Å²) in [6.07, 6.45) is 6.37. The average Bonchev–Trinajstić information content (AvgIpc) is 3.04. The number of nitrogens with zero attached hydrogens (tertiary/aromatic N) is 3. The van der Waals surface area contributed by atoms with Crippen molar-refractivity contribution in [3.63, 3.8) is 0 Å². The van der Waals surface area contributed by atoms with Crippen molar-refractivity contribution in [2.75, 3.05) is 5.75 Å². The molecule has 2 aromatic rings. The van der Waals surface area contributed by atoms with Gasteiger partial charge in [-0.15, -0.1) is 0 Å². The first kappa shape index (κ1) is 15.2. The SMILES string of the molecule is O=c1[nH]c(CCCS(=O)(=O)O)nc2c1cnn2C1CCCC1. The third-order valence-corrected chi connectivity index (χ3v) is 4.80. The number of aromatic amines is 1. The highest BCUT2D eigenvalue weighted by atomic mass is 32.2. The van der Waals surface area contributed by atoms with E-state index in [1.165, 1.54) is 6.20 Å². The summed E-state index contributed by atoms with van der Waals surface area (Å²) in [5.74, 6) is 0.0669. The van der Waals surface area contributed by atoms with Gasteiger partial charge < -0.3 is 4.98 Å². The fraction of sp³-hybridized carbons (Fsp3) is 0.615. The van der Waals surface area contributed by atoms with E-state index in [0.717, 1.165) is 25.7 Å². The predicted octanol–water partition coefficient (Wildman–Crippen LogP) is 1.06. The van der Waals surface area contributed by atoms with Crippen LogP contribution in [0.15, 0.2) is 11.0 Å². The molecular weight excluding hydrogens is 308 g/mol. The Kier molecular flexibility index (Phi) is 4.00. The molecular formula is C13H18N4O4S. The largest absolute Gasteiger partial charge is 0.310 e. The maximum absolute atomic E-state index is 12.1. The van der Waals surface area contributed by atoms with Crippen molar-refractivity contribution in [2.24, 2.45) is 0 Å². The lowest BCUT2D eigenvalue weighted by atomic mass is 10.2. The Morgan fingerprint density at radius 2 is 2.09 bits per heavy atom. The van der Waals surface area contributed by atoms with E-state index >= 15 is 0 Å². The van der Waals surface area contributed by atoms with Crippen LogP contribution < -0.4 is 5.56 Å². The average molecular weight is 326 g/mol. The van der Waals surface area contributed by atoms with Gasteiger partial charge in [-0.3, -0.25) is 9.35 Å². The molecule has 2 aromatic heterocycles. The second-order valence-corrected chi connectivity index (χ2v) is 7.24. The van der Waals surface area contributed by atoms with Gasteiger partial charge in [-0.2, -0.15) is 13.5 Å². The lowest BCUT2D eigenvalue weighted by Gasteiger charge is -2.10. The zero-order chi connectivity index (χ0) is 15.7. The van der Waals surface area contributed by atoms with Gasteiger partial charge in [0.1, 0.15) is 11.2 Å². The summed E-state index contributed by atoms with van der Waals surface area (Å²) in [4.78, 5) is 19.1. The molecule has 1 fully saturated rings. The topological polar surface area (TPSA) is 118 Å². The van der Waals surface area contributed by atoms with E-state index in [1.54, 1.807) is 0 Å². The highest BCUT2D eigenvalue weighted by molar-refractivity contribution is 7.85.